The smallest absolute Gasteiger partial charge is 0.145 e. The molecule has 5 aromatic rings. The third kappa shape index (κ3) is 2.31. The Hall–Kier alpha value is -3.39. The van der Waals surface area contributed by atoms with E-state index in [4.69, 9.17) is 4.42 Å². The minimum Gasteiger partial charge on any atom is -0.455 e. The van der Waals surface area contributed by atoms with Crippen molar-refractivity contribution >= 4 is 21.9 Å². The van der Waals surface area contributed by atoms with E-state index >= 15 is 0 Å². The van der Waals surface area contributed by atoms with Crippen LogP contribution in [0.1, 0.15) is 43.4 Å². The van der Waals surface area contributed by atoms with E-state index in [-0.39, 0.29) is 5.41 Å². The maximum absolute atomic E-state index is 6.76. The Morgan fingerprint density at radius 3 is 2.19 bits per heavy atom. The maximum atomic E-state index is 6.76. The molecule has 2 nitrogen and oxygen atoms in total. The van der Waals surface area contributed by atoms with Crippen molar-refractivity contribution in [2.75, 3.05) is 0 Å². The van der Waals surface area contributed by atoms with Crippen molar-refractivity contribution in [3.63, 3.8) is 0 Å². The molecule has 0 unspecified atom stereocenters. The molecule has 0 saturated heterocycles. The van der Waals surface area contributed by atoms with Crippen LogP contribution in [0.4, 0.5) is 0 Å². The molecule has 0 spiro atoms. The maximum Gasteiger partial charge on any atom is 0.145 e. The fourth-order valence-corrected chi connectivity index (χ4v) is 5.77. The van der Waals surface area contributed by atoms with Crippen LogP contribution in [0.2, 0.25) is 0 Å². The standard InChI is InChI=1S/C29H25NO/c1-4-29(5-2)22-11-7-6-10-21(22)26-23(29)16-15-20-19-14-13-18(3)25(27(19)31-28(20)26)24-12-8-9-17-30-24/h6-17H,4-5H2,1-3H3. The van der Waals surface area contributed by atoms with Gasteiger partial charge in [0.2, 0.25) is 0 Å². The number of aromatic nitrogens is 1. The first-order valence-corrected chi connectivity index (χ1v) is 11.2. The largest absolute Gasteiger partial charge is 0.455 e. The molecule has 0 atom stereocenters. The minimum absolute atomic E-state index is 0.0544. The number of furan rings is 1. The second kappa shape index (κ2) is 6.55. The Morgan fingerprint density at radius 2 is 1.45 bits per heavy atom. The Kier molecular flexibility index (Phi) is 3.89. The summed E-state index contributed by atoms with van der Waals surface area (Å²) in [5, 5.41) is 2.34. The van der Waals surface area contributed by atoms with Crippen molar-refractivity contribution in [3.05, 3.63) is 89.6 Å². The summed E-state index contributed by atoms with van der Waals surface area (Å²) in [4.78, 5) is 4.63. The minimum atomic E-state index is 0.0544. The molecule has 0 radical (unpaired) electrons. The van der Waals surface area contributed by atoms with Gasteiger partial charge in [-0.2, -0.15) is 0 Å². The molecule has 2 heteroatoms. The molecule has 1 aliphatic rings. The fraction of sp³-hybridized carbons (Fsp3) is 0.207. The number of hydrogen-bond donors (Lipinski definition) is 0. The summed E-state index contributed by atoms with van der Waals surface area (Å²) in [5.74, 6) is 0. The van der Waals surface area contributed by atoms with Gasteiger partial charge in [-0.3, -0.25) is 4.98 Å². The van der Waals surface area contributed by atoms with Gasteiger partial charge in [0.05, 0.1) is 5.69 Å². The first kappa shape index (κ1) is 18.4. The molecule has 2 aromatic heterocycles. The van der Waals surface area contributed by atoms with Gasteiger partial charge in [0.15, 0.2) is 0 Å². The lowest BCUT2D eigenvalue weighted by Gasteiger charge is -2.29. The van der Waals surface area contributed by atoms with Gasteiger partial charge in [0.1, 0.15) is 11.2 Å². The monoisotopic (exact) mass is 403 g/mol. The average Bonchev–Trinajstić information content (AvgIpc) is 3.33. The summed E-state index contributed by atoms with van der Waals surface area (Å²) in [6, 6.07) is 23.9. The Bertz CT molecular complexity index is 1460. The summed E-state index contributed by atoms with van der Waals surface area (Å²) in [7, 11) is 0. The summed E-state index contributed by atoms with van der Waals surface area (Å²) in [5.41, 5.74) is 10.7. The molecule has 2 heterocycles. The van der Waals surface area contributed by atoms with Crippen molar-refractivity contribution in [1.29, 1.82) is 0 Å². The molecule has 0 fully saturated rings. The zero-order valence-corrected chi connectivity index (χ0v) is 18.2. The lowest BCUT2D eigenvalue weighted by Crippen LogP contribution is -2.22. The number of pyridine rings is 1. The number of benzene rings is 3. The number of fused-ring (bicyclic) bond motifs is 7. The molecule has 31 heavy (non-hydrogen) atoms. The van der Waals surface area contributed by atoms with Crippen LogP contribution in [0.15, 0.2) is 77.3 Å². The predicted octanol–water partition coefficient (Wildman–Crippen LogP) is 8.04. The van der Waals surface area contributed by atoms with E-state index in [2.05, 4.69) is 80.4 Å². The van der Waals surface area contributed by atoms with Gasteiger partial charge in [-0.25, -0.2) is 0 Å². The van der Waals surface area contributed by atoms with Crippen molar-refractivity contribution in [3.8, 4) is 22.4 Å². The molecule has 3 aromatic carbocycles. The van der Waals surface area contributed by atoms with E-state index in [0.717, 1.165) is 40.7 Å². The quantitative estimate of drug-likeness (QED) is 0.305. The third-order valence-corrected chi connectivity index (χ3v) is 7.37. The Labute approximate surface area is 182 Å². The van der Waals surface area contributed by atoms with Crippen molar-refractivity contribution in [2.24, 2.45) is 0 Å². The van der Waals surface area contributed by atoms with Crippen LogP contribution in [-0.4, -0.2) is 4.98 Å². The summed E-state index contributed by atoms with van der Waals surface area (Å²) < 4.78 is 6.76. The molecule has 0 aliphatic heterocycles. The average molecular weight is 404 g/mol. The van der Waals surface area contributed by atoms with Crippen LogP contribution in [0, 0.1) is 6.92 Å². The second-order valence-corrected chi connectivity index (χ2v) is 8.65. The van der Waals surface area contributed by atoms with Gasteiger partial charge >= 0.3 is 0 Å². The van der Waals surface area contributed by atoms with Crippen molar-refractivity contribution < 1.29 is 4.42 Å². The first-order valence-electron chi connectivity index (χ1n) is 11.2. The molecule has 0 amide bonds. The van der Waals surface area contributed by atoms with Gasteiger partial charge in [-0.15, -0.1) is 0 Å². The molecule has 1 aliphatic carbocycles. The Balaban J connectivity index is 1.76. The van der Waals surface area contributed by atoms with E-state index < -0.39 is 0 Å². The van der Waals surface area contributed by atoms with Gasteiger partial charge < -0.3 is 4.42 Å². The number of rotatable bonds is 3. The highest BCUT2D eigenvalue weighted by atomic mass is 16.3. The van der Waals surface area contributed by atoms with E-state index in [1.54, 1.807) is 0 Å². The summed E-state index contributed by atoms with van der Waals surface area (Å²) in [6.45, 7) is 6.75. The van der Waals surface area contributed by atoms with E-state index in [1.807, 2.05) is 18.3 Å². The van der Waals surface area contributed by atoms with Crippen molar-refractivity contribution in [1.82, 2.24) is 4.98 Å². The van der Waals surface area contributed by atoms with Crippen LogP contribution >= 0.6 is 0 Å². The topological polar surface area (TPSA) is 26.0 Å². The summed E-state index contributed by atoms with van der Waals surface area (Å²) in [6.07, 6.45) is 4.01. The SMILES string of the molecule is CCC1(CC)c2ccccc2-c2c1ccc1c2oc2c(-c3ccccn3)c(C)ccc21. The molecular weight excluding hydrogens is 378 g/mol. The zero-order chi connectivity index (χ0) is 21.2. The molecule has 0 N–H and O–H groups in total. The van der Waals surface area contributed by atoms with Crippen LogP contribution < -0.4 is 0 Å². The third-order valence-electron chi connectivity index (χ3n) is 7.37. The van der Waals surface area contributed by atoms with E-state index in [9.17, 15) is 0 Å². The molecule has 6 rings (SSSR count). The number of aryl methyl sites for hydroxylation is 1. The highest BCUT2D eigenvalue weighted by molar-refractivity contribution is 6.14. The summed E-state index contributed by atoms with van der Waals surface area (Å²) >= 11 is 0. The van der Waals surface area contributed by atoms with Gasteiger partial charge in [-0.05, 0) is 54.2 Å². The molecular formula is C29H25NO. The fourth-order valence-electron chi connectivity index (χ4n) is 5.77. The van der Waals surface area contributed by atoms with Gasteiger partial charge in [0, 0.05) is 33.5 Å². The normalized spacial score (nSPS) is 14.2. The van der Waals surface area contributed by atoms with Crippen LogP contribution in [-0.2, 0) is 5.41 Å². The predicted molar refractivity (Wildman–Crippen MR) is 128 cm³/mol. The second-order valence-electron chi connectivity index (χ2n) is 8.65. The molecule has 0 saturated carbocycles. The van der Waals surface area contributed by atoms with Gasteiger partial charge in [-0.1, -0.05) is 68.4 Å². The molecule has 0 bridgehead atoms. The zero-order valence-electron chi connectivity index (χ0n) is 18.2. The highest BCUT2D eigenvalue weighted by Gasteiger charge is 2.42. The number of nitrogens with zero attached hydrogens (tertiary/aromatic N) is 1. The van der Waals surface area contributed by atoms with Crippen LogP contribution in [0.25, 0.3) is 44.3 Å². The lowest BCUT2D eigenvalue weighted by atomic mass is 9.74. The van der Waals surface area contributed by atoms with Crippen molar-refractivity contribution in [2.45, 2.75) is 39.0 Å². The first-order chi connectivity index (χ1) is 15.2. The lowest BCUT2D eigenvalue weighted by molar-refractivity contribution is 0.490. The van der Waals surface area contributed by atoms with E-state index in [0.29, 0.717) is 0 Å². The number of hydrogen-bond acceptors (Lipinski definition) is 2. The highest BCUT2D eigenvalue weighted by Crippen LogP contribution is 2.55. The van der Waals surface area contributed by atoms with E-state index in [1.165, 1.54) is 33.2 Å². The van der Waals surface area contributed by atoms with Crippen LogP contribution in [0.3, 0.4) is 0 Å². The van der Waals surface area contributed by atoms with Crippen LogP contribution in [0.5, 0.6) is 0 Å². The Morgan fingerprint density at radius 1 is 0.742 bits per heavy atom. The van der Waals surface area contributed by atoms with Gasteiger partial charge in [0.25, 0.3) is 0 Å². The molecule has 152 valence electrons.